The van der Waals surface area contributed by atoms with E-state index in [-0.39, 0.29) is 33.5 Å². The molecule has 14 heteroatoms. The van der Waals surface area contributed by atoms with Gasteiger partial charge in [-0.05, 0) is 88.0 Å². The van der Waals surface area contributed by atoms with Crippen LogP contribution in [0.5, 0.6) is 11.5 Å². The molecule has 1 heterocycles. The summed E-state index contributed by atoms with van der Waals surface area (Å²) in [6.45, 7) is 0.128. The molecule has 38 heavy (non-hydrogen) atoms. The van der Waals surface area contributed by atoms with Crippen LogP contribution in [0.15, 0.2) is 74.9 Å². The van der Waals surface area contributed by atoms with E-state index in [2.05, 4.69) is 15.9 Å². The van der Waals surface area contributed by atoms with Gasteiger partial charge in [-0.3, -0.25) is 24.6 Å². The second kappa shape index (κ2) is 11.4. The van der Waals surface area contributed by atoms with Crippen LogP contribution in [0.1, 0.15) is 11.1 Å². The van der Waals surface area contributed by atoms with Crippen LogP contribution >= 0.6 is 50.3 Å². The largest absolute Gasteiger partial charge is 0.493 e. The number of ether oxygens (including phenoxy) is 1. The van der Waals surface area contributed by atoms with E-state index >= 15 is 0 Å². The second-order valence-electron chi connectivity index (χ2n) is 7.72. The van der Waals surface area contributed by atoms with Gasteiger partial charge in [-0.25, -0.2) is 0 Å². The van der Waals surface area contributed by atoms with E-state index in [4.69, 9.17) is 8.92 Å². The summed E-state index contributed by atoms with van der Waals surface area (Å²) in [5.41, 5.74) is 1.02. The average molecular weight is 731 g/mol. The summed E-state index contributed by atoms with van der Waals surface area (Å²) < 4.78 is 37.5. The maximum atomic E-state index is 12.9. The van der Waals surface area contributed by atoms with E-state index in [1.807, 2.05) is 46.9 Å². The summed E-state index contributed by atoms with van der Waals surface area (Å²) in [6.07, 6.45) is 1.52. The Kier molecular flexibility index (Phi) is 8.44. The molecule has 1 saturated heterocycles. The van der Waals surface area contributed by atoms with Crippen LogP contribution < -0.4 is 8.92 Å². The number of benzene rings is 3. The summed E-state index contributed by atoms with van der Waals surface area (Å²) in [5.74, 6) is -0.465. The highest BCUT2D eigenvalue weighted by Crippen LogP contribution is 2.39. The maximum absolute atomic E-state index is 12.9. The van der Waals surface area contributed by atoms with Crippen molar-refractivity contribution in [1.29, 1.82) is 0 Å². The Hall–Kier alpha value is -2.95. The van der Waals surface area contributed by atoms with Crippen molar-refractivity contribution < 1.29 is 31.9 Å². The summed E-state index contributed by atoms with van der Waals surface area (Å²) in [6, 6.07) is 14.6. The Morgan fingerprint density at radius 2 is 1.76 bits per heavy atom. The zero-order chi connectivity index (χ0) is 27.6. The van der Waals surface area contributed by atoms with Gasteiger partial charge in [-0.15, -0.1) is 0 Å². The number of carbonyl (C=O) groups excluding carboxylic acids is 2. The van der Waals surface area contributed by atoms with Gasteiger partial charge < -0.3 is 8.92 Å². The number of carbonyl (C=O) groups is 2. The topological polar surface area (TPSA) is 133 Å². The molecule has 0 N–H and O–H groups in total. The van der Waals surface area contributed by atoms with Gasteiger partial charge >= 0.3 is 10.1 Å². The number of rotatable bonds is 8. The summed E-state index contributed by atoms with van der Waals surface area (Å²) in [7, 11) is -3.01. The monoisotopic (exact) mass is 730 g/mol. The standard InChI is InChI=1S/C24H16BrIN2O8S2/c1-35-20-11-15(12-21-23(29)27(24(30)37-21)13-14-2-4-16(25)5-3-14)10-19(26)22(20)36-38(33,34)18-8-6-17(7-9-18)28(31)32/h2-12H,13H2,1H3/b21-12-. The van der Waals surface area contributed by atoms with Crippen LogP contribution in [-0.2, 0) is 21.5 Å². The molecule has 0 aliphatic carbocycles. The van der Waals surface area contributed by atoms with Crippen LogP contribution in [-0.4, -0.2) is 36.5 Å². The number of amides is 2. The second-order valence-corrected chi connectivity index (χ2v) is 12.3. The van der Waals surface area contributed by atoms with Crippen LogP contribution in [0.2, 0.25) is 0 Å². The van der Waals surface area contributed by atoms with Crippen LogP contribution in [0.3, 0.4) is 0 Å². The number of hydrogen-bond donors (Lipinski definition) is 0. The fourth-order valence-electron chi connectivity index (χ4n) is 3.36. The van der Waals surface area contributed by atoms with Crippen molar-refractivity contribution in [1.82, 2.24) is 4.90 Å². The Morgan fingerprint density at radius 3 is 2.37 bits per heavy atom. The third-order valence-electron chi connectivity index (χ3n) is 5.21. The SMILES string of the molecule is COc1cc(/C=C2\SC(=O)N(Cc3ccc(Br)cc3)C2=O)cc(I)c1OS(=O)(=O)c1ccc([N+](=O)[O-])cc1. The smallest absolute Gasteiger partial charge is 0.339 e. The highest BCUT2D eigenvalue weighted by molar-refractivity contribution is 14.1. The van der Waals surface area contributed by atoms with Gasteiger partial charge in [-0.1, -0.05) is 28.1 Å². The third-order valence-corrected chi connectivity index (χ3v) is 8.68. The lowest BCUT2D eigenvalue weighted by atomic mass is 10.1. The minimum absolute atomic E-state index is 0.0720. The van der Waals surface area contributed by atoms with Crippen LogP contribution in [0.25, 0.3) is 6.08 Å². The molecule has 0 bridgehead atoms. The molecule has 0 saturated carbocycles. The summed E-state index contributed by atoms with van der Waals surface area (Å²) >= 11 is 6.02. The van der Waals surface area contributed by atoms with Crippen molar-refractivity contribution in [3.63, 3.8) is 0 Å². The predicted molar refractivity (Wildman–Crippen MR) is 152 cm³/mol. The number of thioether (sulfide) groups is 1. The highest BCUT2D eigenvalue weighted by atomic mass is 127. The van der Waals surface area contributed by atoms with Crippen molar-refractivity contribution in [2.45, 2.75) is 11.4 Å². The lowest BCUT2D eigenvalue weighted by molar-refractivity contribution is -0.384. The normalized spacial score (nSPS) is 14.7. The first-order chi connectivity index (χ1) is 18.0. The molecule has 10 nitrogen and oxygen atoms in total. The van der Waals surface area contributed by atoms with Crippen LogP contribution in [0.4, 0.5) is 10.5 Å². The number of nitro benzene ring substituents is 1. The number of nitrogens with zero attached hydrogens (tertiary/aromatic N) is 2. The van der Waals surface area contributed by atoms with Gasteiger partial charge in [0.05, 0.1) is 27.1 Å². The predicted octanol–water partition coefficient (Wildman–Crippen LogP) is 5.97. The van der Waals surface area contributed by atoms with E-state index in [1.165, 1.54) is 19.3 Å². The zero-order valence-electron chi connectivity index (χ0n) is 19.3. The van der Waals surface area contributed by atoms with E-state index in [0.717, 1.165) is 51.0 Å². The van der Waals surface area contributed by atoms with Crippen molar-refractivity contribution in [2.24, 2.45) is 0 Å². The number of imide groups is 1. The van der Waals surface area contributed by atoms with Gasteiger partial charge in [0.25, 0.3) is 16.8 Å². The minimum atomic E-state index is -4.34. The van der Waals surface area contributed by atoms with E-state index in [1.54, 1.807) is 6.07 Å². The molecule has 1 aliphatic heterocycles. The molecule has 0 radical (unpaired) electrons. The molecule has 0 aromatic heterocycles. The maximum Gasteiger partial charge on any atom is 0.339 e. The first kappa shape index (κ1) is 28.1. The highest BCUT2D eigenvalue weighted by Gasteiger charge is 2.35. The fraction of sp³-hybridized carbons (Fsp3) is 0.0833. The zero-order valence-corrected chi connectivity index (χ0v) is 24.7. The van der Waals surface area contributed by atoms with Gasteiger partial charge in [0, 0.05) is 16.6 Å². The van der Waals surface area contributed by atoms with Crippen LogP contribution in [0, 0.1) is 13.7 Å². The molecule has 3 aromatic carbocycles. The molecule has 2 amide bonds. The van der Waals surface area contributed by atoms with E-state index in [9.17, 15) is 28.1 Å². The van der Waals surface area contributed by atoms with E-state index in [0.29, 0.717) is 9.13 Å². The molecule has 196 valence electrons. The van der Waals surface area contributed by atoms with Crippen molar-refractivity contribution in [3.8, 4) is 11.5 Å². The van der Waals surface area contributed by atoms with Crippen molar-refractivity contribution in [3.05, 3.63) is 94.9 Å². The fourth-order valence-corrected chi connectivity index (χ4v) is 6.30. The van der Waals surface area contributed by atoms with E-state index < -0.39 is 26.2 Å². The lowest BCUT2D eigenvalue weighted by Crippen LogP contribution is -2.27. The Labute approximate surface area is 243 Å². The number of methoxy groups -OCH3 is 1. The van der Waals surface area contributed by atoms with Gasteiger partial charge in [0.15, 0.2) is 11.5 Å². The first-order valence-corrected chi connectivity index (χ1v) is 14.6. The molecule has 4 rings (SSSR count). The summed E-state index contributed by atoms with van der Waals surface area (Å²) in [5, 5.41) is 10.4. The molecule has 1 fully saturated rings. The molecule has 3 aromatic rings. The lowest BCUT2D eigenvalue weighted by Gasteiger charge is -2.14. The number of nitro groups is 1. The van der Waals surface area contributed by atoms with Gasteiger partial charge in [0.1, 0.15) is 4.90 Å². The third kappa shape index (κ3) is 6.19. The van der Waals surface area contributed by atoms with Crippen molar-refractivity contribution in [2.75, 3.05) is 7.11 Å². The Balaban J connectivity index is 1.58. The quantitative estimate of drug-likeness (QED) is 0.0903. The molecule has 0 atom stereocenters. The molecule has 0 unspecified atom stereocenters. The first-order valence-electron chi connectivity index (χ1n) is 10.5. The van der Waals surface area contributed by atoms with Crippen molar-refractivity contribution >= 4 is 83.3 Å². The molecule has 0 spiro atoms. The number of hydrogen-bond acceptors (Lipinski definition) is 9. The average Bonchev–Trinajstić information content (AvgIpc) is 3.13. The Morgan fingerprint density at radius 1 is 1.11 bits per heavy atom. The number of non-ortho nitro benzene ring substituents is 1. The Bertz CT molecular complexity index is 1580. The van der Waals surface area contributed by atoms with Gasteiger partial charge in [0.2, 0.25) is 0 Å². The molecule has 1 aliphatic rings. The molecular weight excluding hydrogens is 715 g/mol. The summed E-state index contributed by atoms with van der Waals surface area (Å²) in [4.78, 5) is 36.7. The minimum Gasteiger partial charge on any atom is -0.493 e. The number of halogens is 2. The molecular formula is C24H16BrIN2O8S2. The van der Waals surface area contributed by atoms with Gasteiger partial charge in [-0.2, -0.15) is 8.42 Å².